The number of hydrogen-bond donors (Lipinski definition) is 0. The SMILES string of the molecule is CCCCc1ccc(-n2nnnc2Sc2nnnn2-c2ccccc2)cc1. The number of benzene rings is 2. The number of rotatable bonds is 7. The van der Waals surface area contributed by atoms with Crippen molar-refractivity contribution in [1.82, 2.24) is 40.4 Å². The molecule has 2 aromatic carbocycles. The first-order chi connectivity index (χ1) is 13.3. The molecule has 0 radical (unpaired) electrons. The number of aromatic nitrogens is 8. The second kappa shape index (κ2) is 8.09. The fraction of sp³-hybridized carbons (Fsp3) is 0.222. The number of hydrogen-bond acceptors (Lipinski definition) is 7. The summed E-state index contributed by atoms with van der Waals surface area (Å²) in [5, 5.41) is 25.2. The van der Waals surface area contributed by atoms with Gasteiger partial charge in [-0.2, -0.15) is 9.36 Å². The standard InChI is InChI=1S/C18H18N8S/c1-2-3-7-14-10-12-16(13-11-14)26-18(20-22-24-26)27-17-19-21-23-25(17)15-8-5-4-6-9-15/h4-6,8-13H,2-3,7H2,1H3. The summed E-state index contributed by atoms with van der Waals surface area (Å²) in [6.45, 7) is 2.20. The van der Waals surface area contributed by atoms with E-state index in [4.69, 9.17) is 0 Å². The first kappa shape index (κ1) is 17.3. The van der Waals surface area contributed by atoms with Crippen LogP contribution >= 0.6 is 11.8 Å². The van der Waals surface area contributed by atoms with E-state index in [1.165, 1.54) is 30.2 Å². The number of aryl methyl sites for hydroxylation is 1. The second-order valence-corrected chi connectivity index (χ2v) is 6.89. The van der Waals surface area contributed by atoms with Gasteiger partial charge in [0, 0.05) is 0 Å². The highest BCUT2D eigenvalue weighted by atomic mass is 32.2. The average molecular weight is 378 g/mol. The molecule has 8 nitrogen and oxygen atoms in total. The molecule has 27 heavy (non-hydrogen) atoms. The van der Waals surface area contributed by atoms with Gasteiger partial charge in [0.2, 0.25) is 10.3 Å². The van der Waals surface area contributed by atoms with E-state index in [0.29, 0.717) is 10.3 Å². The van der Waals surface area contributed by atoms with Crippen LogP contribution in [0.4, 0.5) is 0 Å². The van der Waals surface area contributed by atoms with Crippen LogP contribution in [0.1, 0.15) is 25.3 Å². The summed E-state index contributed by atoms with van der Waals surface area (Å²) in [6, 6.07) is 18.0. The minimum atomic E-state index is 0.594. The van der Waals surface area contributed by atoms with Crippen molar-refractivity contribution in [2.24, 2.45) is 0 Å². The predicted molar refractivity (Wildman–Crippen MR) is 101 cm³/mol. The molecule has 9 heteroatoms. The minimum absolute atomic E-state index is 0.594. The molecule has 136 valence electrons. The van der Waals surface area contributed by atoms with Crippen LogP contribution in [0.25, 0.3) is 11.4 Å². The third-order valence-electron chi connectivity index (χ3n) is 4.07. The second-order valence-electron chi connectivity index (χ2n) is 5.95. The van der Waals surface area contributed by atoms with Gasteiger partial charge in [0.25, 0.3) is 0 Å². The molecule has 0 fully saturated rings. The van der Waals surface area contributed by atoms with Gasteiger partial charge in [-0.05, 0) is 75.3 Å². The van der Waals surface area contributed by atoms with E-state index in [1.807, 2.05) is 42.5 Å². The van der Waals surface area contributed by atoms with Crippen LogP contribution in [-0.2, 0) is 6.42 Å². The Morgan fingerprint density at radius 1 is 0.778 bits per heavy atom. The van der Waals surface area contributed by atoms with Crippen LogP contribution < -0.4 is 0 Å². The van der Waals surface area contributed by atoms with Crippen molar-refractivity contribution in [3.05, 3.63) is 60.2 Å². The molecular formula is C18H18N8S. The van der Waals surface area contributed by atoms with Crippen LogP contribution in [-0.4, -0.2) is 40.4 Å². The van der Waals surface area contributed by atoms with Crippen molar-refractivity contribution in [1.29, 1.82) is 0 Å². The highest BCUT2D eigenvalue weighted by Gasteiger charge is 2.16. The highest BCUT2D eigenvalue weighted by Crippen LogP contribution is 2.26. The molecule has 0 amide bonds. The quantitative estimate of drug-likeness (QED) is 0.488. The lowest BCUT2D eigenvalue weighted by atomic mass is 10.1. The van der Waals surface area contributed by atoms with E-state index < -0.39 is 0 Å². The summed E-state index contributed by atoms with van der Waals surface area (Å²) >= 11 is 1.32. The molecule has 0 bridgehead atoms. The maximum Gasteiger partial charge on any atom is 0.221 e. The Bertz CT molecular complexity index is 994. The molecule has 0 N–H and O–H groups in total. The van der Waals surface area contributed by atoms with Crippen molar-refractivity contribution in [2.45, 2.75) is 36.5 Å². The van der Waals surface area contributed by atoms with Gasteiger partial charge in [0.1, 0.15) is 0 Å². The van der Waals surface area contributed by atoms with Crippen molar-refractivity contribution in [3.8, 4) is 11.4 Å². The lowest BCUT2D eigenvalue weighted by Crippen LogP contribution is -2.02. The van der Waals surface area contributed by atoms with Gasteiger partial charge in [-0.3, -0.25) is 0 Å². The Kier molecular flexibility index (Phi) is 5.20. The van der Waals surface area contributed by atoms with Gasteiger partial charge >= 0.3 is 0 Å². The van der Waals surface area contributed by atoms with E-state index in [0.717, 1.165) is 17.8 Å². The van der Waals surface area contributed by atoms with E-state index in [9.17, 15) is 0 Å². The molecule has 0 unspecified atom stereocenters. The van der Waals surface area contributed by atoms with Gasteiger partial charge in [-0.25, -0.2) is 0 Å². The molecule has 0 aliphatic rings. The van der Waals surface area contributed by atoms with Crippen LogP contribution in [0.5, 0.6) is 0 Å². The third kappa shape index (κ3) is 3.87. The molecule has 0 atom stereocenters. The number of para-hydroxylation sites is 1. The fourth-order valence-electron chi connectivity index (χ4n) is 2.64. The normalized spacial score (nSPS) is 11.0. The van der Waals surface area contributed by atoms with E-state index in [2.05, 4.69) is 50.1 Å². The fourth-order valence-corrected chi connectivity index (χ4v) is 3.42. The zero-order valence-electron chi connectivity index (χ0n) is 14.8. The molecule has 2 aromatic heterocycles. The smallest absolute Gasteiger partial charge is 0.187 e. The molecule has 0 saturated heterocycles. The predicted octanol–water partition coefficient (Wildman–Crippen LogP) is 3.13. The Morgan fingerprint density at radius 2 is 1.37 bits per heavy atom. The zero-order valence-corrected chi connectivity index (χ0v) is 15.6. The van der Waals surface area contributed by atoms with Crippen LogP contribution in [0.15, 0.2) is 64.9 Å². The summed E-state index contributed by atoms with van der Waals surface area (Å²) < 4.78 is 3.36. The summed E-state index contributed by atoms with van der Waals surface area (Å²) in [6.07, 6.45) is 3.46. The molecule has 0 spiro atoms. The maximum absolute atomic E-state index is 4.13. The topological polar surface area (TPSA) is 87.2 Å². The number of tetrazole rings is 2. The van der Waals surface area contributed by atoms with Gasteiger partial charge in [0.15, 0.2) is 0 Å². The van der Waals surface area contributed by atoms with Crippen LogP contribution in [0.2, 0.25) is 0 Å². The molecule has 0 aliphatic carbocycles. The monoisotopic (exact) mass is 378 g/mol. The number of nitrogens with zero attached hydrogens (tertiary/aromatic N) is 8. The summed E-state index contributed by atoms with van der Waals surface area (Å²) in [5.41, 5.74) is 3.10. The van der Waals surface area contributed by atoms with Gasteiger partial charge in [-0.1, -0.05) is 43.7 Å². The molecular weight excluding hydrogens is 360 g/mol. The average Bonchev–Trinajstić information content (AvgIpc) is 3.37. The van der Waals surface area contributed by atoms with E-state index in [1.54, 1.807) is 9.36 Å². The van der Waals surface area contributed by atoms with Crippen molar-refractivity contribution in [2.75, 3.05) is 0 Å². The van der Waals surface area contributed by atoms with Crippen molar-refractivity contribution < 1.29 is 0 Å². The van der Waals surface area contributed by atoms with Gasteiger partial charge in [0.05, 0.1) is 11.4 Å². The van der Waals surface area contributed by atoms with Crippen LogP contribution in [0.3, 0.4) is 0 Å². The Balaban J connectivity index is 1.58. The largest absolute Gasteiger partial charge is 0.221 e. The summed E-state index contributed by atoms with van der Waals surface area (Å²) in [7, 11) is 0. The van der Waals surface area contributed by atoms with Crippen molar-refractivity contribution in [3.63, 3.8) is 0 Å². The van der Waals surface area contributed by atoms with Gasteiger partial charge < -0.3 is 0 Å². The minimum Gasteiger partial charge on any atom is -0.187 e. The summed E-state index contributed by atoms with van der Waals surface area (Å²) in [5.74, 6) is 0. The third-order valence-corrected chi connectivity index (χ3v) is 4.94. The summed E-state index contributed by atoms with van der Waals surface area (Å²) in [4.78, 5) is 0. The Morgan fingerprint density at radius 3 is 1.96 bits per heavy atom. The maximum atomic E-state index is 4.13. The van der Waals surface area contributed by atoms with Gasteiger partial charge in [-0.15, -0.1) is 10.2 Å². The van der Waals surface area contributed by atoms with Crippen molar-refractivity contribution >= 4 is 11.8 Å². The molecule has 4 rings (SSSR count). The molecule has 0 saturated carbocycles. The lowest BCUT2D eigenvalue weighted by Gasteiger charge is -2.06. The van der Waals surface area contributed by atoms with E-state index in [-0.39, 0.29) is 0 Å². The van der Waals surface area contributed by atoms with Crippen LogP contribution in [0, 0.1) is 0 Å². The highest BCUT2D eigenvalue weighted by molar-refractivity contribution is 7.99. The molecule has 0 aliphatic heterocycles. The molecule has 4 aromatic rings. The Labute approximate surface area is 160 Å². The Hall–Kier alpha value is -3.07. The molecule has 2 heterocycles. The first-order valence-corrected chi connectivity index (χ1v) is 9.56. The number of unbranched alkanes of at least 4 members (excludes halogenated alkanes) is 1. The zero-order chi connectivity index (χ0) is 18.5. The van der Waals surface area contributed by atoms with E-state index >= 15 is 0 Å². The first-order valence-electron chi connectivity index (χ1n) is 8.74. The lowest BCUT2D eigenvalue weighted by molar-refractivity contribution is 0.741.